The minimum Gasteiger partial charge on any atom is -0.380 e. The number of ether oxygens (including phenoxy) is 1. The predicted molar refractivity (Wildman–Crippen MR) is 71.2 cm³/mol. The van der Waals surface area contributed by atoms with E-state index in [9.17, 15) is 0 Å². The van der Waals surface area contributed by atoms with Crippen molar-refractivity contribution >= 4 is 0 Å². The Bertz CT molecular complexity index is 206. The SMILES string of the molecule is CCC1CCNC(CNCCOCC2CC2)C1. The number of hydrogen-bond acceptors (Lipinski definition) is 3. The summed E-state index contributed by atoms with van der Waals surface area (Å²) in [6.07, 6.45) is 6.81. The molecule has 3 heteroatoms. The molecule has 1 saturated carbocycles. The molecule has 2 rings (SSSR count). The fraction of sp³-hybridized carbons (Fsp3) is 1.00. The van der Waals surface area contributed by atoms with E-state index >= 15 is 0 Å². The van der Waals surface area contributed by atoms with Crippen LogP contribution in [0.25, 0.3) is 0 Å². The standard InChI is InChI=1S/C14H28N2O/c1-2-12-5-6-16-14(9-12)10-15-7-8-17-11-13-3-4-13/h12-16H,2-11H2,1H3. The van der Waals surface area contributed by atoms with Crippen molar-refractivity contribution in [1.82, 2.24) is 10.6 Å². The van der Waals surface area contributed by atoms with Gasteiger partial charge in [-0.05, 0) is 44.1 Å². The normalized spacial score (nSPS) is 29.5. The molecule has 2 aliphatic rings. The van der Waals surface area contributed by atoms with E-state index in [2.05, 4.69) is 17.6 Å². The molecule has 2 fully saturated rings. The van der Waals surface area contributed by atoms with E-state index in [-0.39, 0.29) is 0 Å². The Morgan fingerprint density at radius 1 is 1.24 bits per heavy atom. The minimum absolute atomic E-state index is 0.678. The van der Waals surface area contributed by atoms with E-state index in [4.69, 9.17) is 4.74 Å². The highest BCUT2D eigenvalue weighted by Gasteiger charge is 2.21. The highest BCUT2D eigenvalue weighted by atomic mass is 16.5. The summed E-state index contributed by atoms with van der Waals surface area (Å²) in [5, 5.41) is 7.11. The van der Waals surface area contributed by atoms with Gasteiger partial charge in [-0.25, -0.2) is 0 Å². The average Bonchev–Trinajstić information content (AvgIpc) is 3.18. The molecule has 0 radical (unpaired) electrons. The third-order valence-electron chi connectivity index (χ3n) is 4.05. The maximum absolute atomic E-state index is 5.61. The molecular weight excluding hydrogens is 212 g/mol. The zero-order chi connectivity index (χ0) is 11.9. The third-order valence-corrected chi connectivity index (χ3v) is 4.05. The van der Waals surface area contributed by atoms with Gasteiger partial charge in [0.25, 0.3) is 0 Å². The van der Waals surface area contributed by atoms with Crippen LogP contribution in [0.3, 0.4) is 0 Å². The minimum atomic E-state index is 0.678. The predicted octanol–water partition coefficient (Wildman–Crippen LogP) is 1.78. The van der Waals surface area contributed by atoms with Gasteiger partial charge in [0.15, 0.2) is 0 Å². The van der Waals surface area contributed by atoms with Crippen LogP contribution < -0.4 is 10.6 Å². The van der Waals surface area contributed by atoms with Crippen LogP contribution in [0, 0.1) is 11.8 Å². The van der Waals surface area contributed by atoms with Gasteiger partial charge in [0, 0.05) is 25.7 Å². The molecular formula is C14H28N2O. The lowest BCUT2D eigenvalue weighted by atomic mass is 9.90. The second-order valence-corrected chi connectivity index (χ2v) is 5.67. The lowest BCUT2D eigenvalue weighted by molar-refractivity contribution is 0.125. The smallest absolute Gasteiger partial charge is 0.0591 e. The van der Waals surface area contributed by atoms with Crippen molar-refractivity contribution in [2.75, 3.05) is 32.8 Å². The van der Waals surface area contributed by atoms with Crippen LogP contribution in [-0.4, -0.2) is 38.9 Å². The van der Waals surface area contributed by atoms with E-state index in [0.29, 0.717) is 6.04 Å². The Labute approximate surface area is 106 Å². The monoisotopic (exact) mass is 240 g/mol. The Morgan fingerprint density at radius 3 is 2.88 bits per heavy atom. The molecule has 1 saturated heterocycles. The second-order valence-electron chi connectivity index (χ2n) is 5.67. The number of nitrogens with one attached hydrogen (secondary N) is 2. The van der Waals surface area contributed by atoms with Crippen LogP contribution in [0.4, 0.5) is 0 Å². The number of piperidine rings is 1. The number of hydrogen-bond donors (Lipinski definition) is 2. The summed E-state index contributed by atoms with van der Waals surface area (Å²) in [6.45, 7) is 7.47. The molecule has 0 aromatic rings. The molecule has 0 amide bonds. The summed E-state index contributed by atoms with van der Waals surface area (Å²) in [7, 11) is 0. The molecule has 2 N–H and O–H groups in total. The lowest BCUT2D eigenvalue weighted by Crippen LogP contribution is -2.44. The topological polar surface area (TPSA) is 33.3 Å². The van der Waals surface area contributed by atoms with Crippen molar-refractivity contribution in [2.24, 2.45) is 11.8 Å². The maximum atomic E-state index is 5.61. The Kier molecular flexibility index (Phi) is 5.75. The van der Waals surface area contributed by atoms with Gasteiger partial charge in [-0.15, -0.1) is 0 Å². The van der Waals surface area contributed by atoms with Gasteiger partial charge in [-0.3, -0.25) is 0 Å². The summed E-state index contributed by atoms with van der Waals surface area (Å²) in [5.74, 6) is 1.83. The van der Waals surface area contributed by atoms with E-state index < -0.39 is 0 Å². The van der Waals surface area contributed by atoms with Gasteiger partial charge in [0.05, 0.1) is 6.61 Å². The third kappa shape index (κ3) is 5.36. The van der Waals surface area contributed by atoms with Crippen LogP contribution in [0.2, 0.25) is 0 Å². The largest absolute Gasteiger partial charge is 0.380 e. The van der Waals surface area contributed by atoms with E-state index in [1.54, 1.807) is 0 Å². The van der Waals surface area contributed by atoms with Crippen LogP contribution in [0.5, 0.6) is 0 Å². The molecule has 1 heterocycles. The van der Waals surface area contributed by atoms with E-state index in [1.807, 2.05) is 0 Å². The molecule has 17 heavy (non-hydrogen) atoms. The fourth-order valence-corrected chi connectivity index (χ4v) is 2.58. The summed E-state index contributed by atoms with van der Waals surface area (Å²) < 4.78 is 5.61. The molecule has 100 valence electrons. The van der Waals surface area contributed by atoms with Crippen molar-refractivity contribution in [1.29, 1.82) is 0 Å². The van der Waals surface area contributed by atoms with Gasteiger partial charge in [0.2, 0.25) is 0 Å². The van der Waals surface area contributed by atoms with Crippen molar-refractivity contribution in [3.8, 4) is 0 Å². The zero-order valence-corrected chi connectivity index (χ0v) is 11.2. The van der Waals surface area contributed by atoms with Crippen molar-refractivity contribution < 1.29 is 4.74 Å². The first kappa shape index (κ1) is 13.3. The highest BCUT2D eigenvalue weighted by Crippen LogP contribution is 2.28. The Morgan fingerprint density at radius 2 is 2.12 bits per heavy atom. The summed E-state index contributed by atoms with van der Waals surface area (Å²) in [5.41, 5.74) is 0. The molecule has 0 spiro atoms. The Balaban J connectivity index is 1.43. The van der Waals surface area contributed by atoms with Gasteiger partial charge < -0.3 is 15.4 Å². The molecule has 0 aromatic carbocycles. The zero-order valence-electron chi connectivity index (χ0n) is 11.2. The van der Waals surface area contributed by atoms with Crippen LogP contribution in [0.15, 0.2) is 0 Å². The van der Waals surface area contributed by atoms with Crippen LogP contribution in [0.1, 0.15) is 39.0 Å². The van der Waals surface area contributed by atoms with Gasteiger partial charge in [0.1, 0.15) is 0 Å². The molecule has 2 atom stereocenters. The molecule has 2 unspecified atom stereocenters. The molecule has 0 aromatic heterocycles. The van der Waals surface area contributed by atoms with Crippen molar-refractivity contribution in [3.05, 3.63) is 0 Å². The summed E-state index contributed by atoms with van der Waals surface area (Å²) in [4.78, 5) is 0. The summed E-state index contributed by atoms with van der Waals surface area (Å²) >= 11 is 0. The first-order chi connectivity index (χ1) is 8.38. The van der Waals surface area contributed by atoms with Gasteiger partial charge in [-0.2, -0.15) is 0 Å². The van der Waals surface area contributed by atoms with Crippen LogP contribution in [-0.2, 0) is 4.74 Å². The molecule has 1 aliphatic heterocycles. The Hall–Kier alpha value is -0.120. The van der Waals surface area contributed by atoms with Crippen molar-refractivity contribution in [2.45, 2.75) is 45.1 Å². The average molecular weight is 240 g/mol. The van der Waals surface area contributed by atoms with Crippen molar-refractivity contribution in [3.63, 3.8) is 0 Å². The van der Waals surface area contributed by atoms with Gasteiger partial charge in [-0.1, -0.05) is 13.3 Å². The maximum Gasteiger partial charge on any atom is 0.0591 e. The molecule has 0 bridgehead atoms. The fourth-order valence-electron chi connectivity index (χ4n) is 2.58. The quantitative estimate of drug-likeness (QED) is 0.635. The van der Waals surface area contributed by atoms with Crippen LogP contribution >= 0.6 is 0 Å². The number of rotatable bonds is 8. The first-order valence-corrected chi connectivity index (χ1v) is 7.40. The first-order valence-electron chi connectivity index (χ1n) is 7.40. The van der Waals surface area contributed by atoms with Gasteiger partial charge >= 0.3 is 0 Å². The lowest BCUT2D eigenvalue weighted by Gasteiger charge is -2.30. The molecule has 1 aliphatic carbocycles. The van der Waals surface area contributed by atoms with E-state index in [1.165, 1.54) is 38.6 Å². The highest BCUT2D eigenvalue weighted by molar-refractivity contribution is 4.79. The van der Waals surface area contributed by atoms with E-state index in [0.717, 1.165) is 38.1 Å². The molecule has 3 nitrogen and oxygen atoms in total. The second kappa shape index (κ2) is 7.34. The summed E-state index contributed by atoms with van der Waals surface area (Å²) in [6, 6.07) is 0.678.